The van der Waals surface area contributed by atoms with Crippen molar-refractivity contribution in [2.24, 2.45) is 0 Å². The van der Waals surface area contributed by atoms with Crippen molar-refractivity contribution >= 4 is 23.2 Å². The van der Waals surface area contributed by atoms with Gasteiger partial charge >= 0.3 is 0 Å². The largest absolute Gasteiger partial charge is 0.486 e. The van der Waals surface area contributed by atoms with Crippen LogP contribution < -0.4 is 14.8 Å². The molecule has 1 aliphatic heterocycles. The Balaban J connectivity index is 1.34. The first-order valence-corrected chi connectivity index (χ1v) is 10.6. The lowest BCUT2D eigenvalue weighted by Crippen LogP contribution is -2.15. The van der Waals surface area contributed by atoms with Gasteiger partial charge in [-0.05, 0) is 66.7 Å². The third-order valence-corrected chi connectivity index (χ3v) is 5.38. The molecule has 0 bridgehead atoms. The highest BCUT2D eigenvalue weighted by atomic mass is 35.5. The molecular formula is C26H19ClN2O3. The maximum absolute atomic E-state index is 12.4. The second kappa shape index (κ2) is 8.73. The Bertz CT molecular complexity index is 1270. The second-order valence-corrected chi connectivity index (χ2v) is 7.74. The van der Waals surface area contributed by atoms with E-state index in [2.05, 4.69) is 5.32 Å². The number of pyridine rings is 1. The summed E-state index contributed by atoms with van der Waals surface area (Å²) in [5.41, 5.74) is 4.85. The molecule has 2 heterocycles. The summed E-state index contributed by atoms with van der Waals surface area (Å²) in [6.45, 7) is 1.11. The van der Waals surface area contributed by atoms with Gasteiger partial charge in [-0.3, -0.25) is 4.79 Å². The van der Waals surface area contributed by atoms with Crippen LogP contribution in [0.3, 0.4) is 0 Å². The minimum Gasteiger partial charge on any atom is -0.486 e. The smallest absolute Gasteiger partial charge is 0.255 e. The fourth-order valence-electron chi connectivity index (χ4n) is 3.49. The van der Waals surface area contributed by atoms with E-state index in [-0.39, 0.29) is 5.91 Å². The van der Waals surface area contributed by atoms with Gasteiger partial charge in [-0.15, -0.1) is 0 Å². The van der Waals surface area contributed by atoms with Crippen LogP contribution in [-0.4, -0.2) is 24.1 Å². The number of carbonyl (C=O) groups is 1. The van der Waals surface area contributed by atoms with Crippen molar-refractivity contribution in [1.82, 2.24) is 4.98 Å². The van der Waals surface area contributed by atoms with Crippen molar-refractivity contribution in [2.45, 2.75) is 0 Å². The summed E-state index contributed by atoms with van der Waals surface area (Å²) in [7, 11) is 0. The van der Waals surface area contributed by atoms with E-state index in [1.54, 1.807) is 24.3 Å². The number of aromatic nitrogens is 1. The average molecular weight is 443 g/mol. The highest BCUT2D eigenvalue weighted by molar-refractivity contribution is 6.30. The Hall–Kier alpha value is -3.83. The summed E-state index contributed by atoms with van der Waals surface area (Å²) in [5, 5.41) is 3.49. The van der Waals surface area contributed by atoms with Gasteiger partial charge in [0.1, 0.15) is 13.2 Å². The first kappa shape index (κ1) is 20.1. The van der Waals surface area contributed by atoms with Gasteiger partial charge in [0.25, 0.3) is 5.91 Å². The Morgan fingerprint density at radius 3 is 2.19 bits per heavy atom. The van der Waals surface area contributed by atoms with Gasteiger partial charge < -0.3 is 14.8 Å². The Morgan fingerprint density at radius 1 is 0.781 bits per heavy atom. The topological polar surface area (TPSA) is 60.5 Å². The molecule has 1 amide bonds. The van der Waals surface area contributed by atoms with Crippen molar-refractivity contribution in [3.05, 3.63) is 95.5 Å². The zero-order chi connectivity index (χ0) is 21.9. The molecular weight excluding hydrogens is 424 g/mol. The Labute approximate surface area is 190 Å². The van der Waals surface area contributed by atoms with Gasteiger partial charge in [0.2, 0.25) is 0 Å². The van der Waals surface area contributed by atoms with Crippen LogP contribution in [-0.2, 0) is 0 Å². The normalized spacial score (nSPS) is 12.3. The maximum Gasteiger partial charge on any atom is 0.255 e. The number of nitrogens with zero attached hydrogens (tertiary/aromatic N) is 1. The lowest BCUT2D eigenvalue weighted by molar-refractivity contribution is 0.102. The molecule has 3 aromatic carbocycles. The number of benzene rings is 3. The van der Waals surface area contributed by atoms with Crippen LogP contribution in [0, 0.1) is 0 Å². The lowest BCUT2D eigenvalue weighted by atomic mass is 10.1. The third-order valence-electron chi connectivity index (χ3n) is 5.13. The molecule has 0 radical (unpaired) electrons. The molecule has 1 aromatic heterocycles. The first-order chi connectivity index (χ1) is 15.7. The van der Waals surface area contributed by atoms with E-state index in [4.69, 9.17) is 26.1 Å². The van der Waals surface area contributed by atoms with Crippen LogP contribution in [0.15, 0.2) is 84.9 Å². The summed E-state index contributed by atoms with van der Waals surface area (Å²) in [4.78, 5) is 17.2. The van der Waals surface area contributed by atoms with Crippen LogP contribution in [0.2, 0.25) is 5.02 Å². The quantitative estimate of drug-likeness (QED) is 0.415. The number of hydrogen-bond acceptors (Lipinski definition) is 4. The van der Waals surface area contributed by atoms with E-state index >= 15 is 0 Å². The molecule has 0 spiro atoms. The molecule has 0 fully saturated rings. The van der Waals surface area contributed by atoms with Gasteiger partial charge in [0.15, 0.2) is 11.5 Å². The fourth-order valence-corrected chi connectivity index (χ4v) is 3.61. The first-order valence-electron chi connectivity index (χ1n) is 10.2. The summed E-state index contributed by atoms with van der Waals surface area (Å²) in [6, 6.07) is 26.1. The van der Waals surface area contributed by atoms with Crippen LogP contribution in [0.4, 0.5) is 5.69 Å². The van der Waals surface area contributed by atoms with E-state index in [1.165, 1.54) is 0 Å². The molecule has 0 atom stereocenters. The number of hydrogen-bond donors (Lipinski definition) is 1. The molecule has 0 saturated heterocycles. The molecule has 5 nitrogen and oxygen atoms in total. The molecule has 5 rings (SSSR count). The van der Waals surface area contributed by atoms with Crippen molar-refractivity contribution in [3.63, 3.8) is 0 Å². The van der Waals surface area contributed by atoms with E-state index < -0.39 is 0 Å². The fraction of sp³-hybridized carbons (Fsp3) is 0.0769. The van der Waals surface area contributed by atoms with E-state index in [0.717, 1.165) is 34.0 Å². The molecule has 0 aliphatic carbocycles. The molecule has 6 heteroatoms. The monoisotopic (exact) mass is 442 g/mol. The van der Waals surface area contributed by atoms with Gasteiger partial charge in [-0.1, -0.05) is 29.8 Å². The molecule has 1 N–H and O–H groups in total. The predicted octanol–water partition coefficient (Wildman–Crippen LogP) is 6.09. The third kappa shape index (κ3) is 4.29. The SMILES string of the molecule is O=C(Nc1ccc(-c2cccc(-c3ccc4c(c3)OCCO4)n2)cc1)c1ccc(Cl)cc1. The number of ether oxygens (including phenoxy) is 2. The van der Waals surface area contributed by atoms with E-state index in [9.17, 15) is 4.79 Å². The van der Waals surface area contributed by atoms with Crippen LogP contribution >= 0.6 is 11.6 Å². The Morgan fingerprint density at radius 2 is 1.44 bits per heavy atom. The number of carbonyl (C=O) groups excluding carboxylic acids is 1. The van der Waals surface area contributed by atoms with Crippen LogP contribution in [0.1, 0.15) is 10.4 Å². The molecule has 32 heavy (non-hydrogen) atoms. The number of anilines is 1. The molecule has 0 saturated carbocycles. The second-order valence-electron chi connectivity index (χ2n) is 7.30. The summed E-state index contributed by atoms with van der Waals surface area (Å²) < 4.78 is 11.3. The minimum atomic E-state index is -0.187. The zero-order valence-electron chi connectivity index (χ0n) is 17.0. The van der Waals surface area contributed by atoms with Gasteiger partial charge in [-0.25, -0.2) is 4.98 Å². The van der Waals surface area contributed by atoms with Gasteiger partial charge in [-0.2, -0.15) is 0 Å². The highest BCUT2D eigenvalue weighted by Gasteiger charge is 2.13. The van der Waals surface area contributed by atoms with Crippen LogP contribution in [0.5, 0.6) is 11.5 Å². The number of amides is 1. The molecule has 0 unspecified atom stereocenters. The average Bonchev–Trinajstić information content (AvgIpc) is 2.84. The summed E-state index contributed by atoms with van der Waals surface area (Å²) in [5.74, 6) is 1.31. The maximum atomic E-state index is 12.4. The minimum absolute atomic E-state index is 0.187. The standard InChI is InChI=1S/C26H19ClN2O3/c27-20-9-4-18(5-10-20)26(30)28-21-11-6-17(7-12-21)22-2-1-3-23(29-22)19-8-13-24-25(16-19)32-15-14-31-24/h1-13,16H,14-15H2,(H,28,30). The summed E-state index contributed by atoms with van der Waals surface area (Å²) >= 11 is 5.88. The van der Waals surface area contributed by atoms with Crippen molar-refractivity contribution in [3.8, 4) is 34.0 Å². The summed E-state index contributed by atoms with van der Waals surface area (Å²) in [6.07, 6.45) is 0. The lowest BCUT2D eigenvalue weighted by Gasteiger charge is -2.18. The number of nitrogens with one attached hydrogen (secondary N) is 1. The zero-order valence-corrected chi connectivity index (χ0v) is 17.8. The van der Waals surface area contributed by atoms with E-state index in [1.807, 2.05) is 60.7 Å². The molecule has 1 aliphatic rings. The van der Waals surface area contributed by atoms with Crippen molar-refractivity contribution in [2.75, 3.05) is 18.5 Å². The molecule has 4 aromatic rings. The van der Waals surface area contributed by atoms with Gasteiger partial charge in [0, 0.05) is 27.4 Å². The van der Waals surface area contributed by atoms with Gasteiger partial charge in [0.05, 0.1) is 11.4 Å². The van der Waals surface area contributed by atoms with Crippen molar-refractivity contribution < 1.29 is 14.3 Å². The number of fused-ring (bicyclic) bond motifs is 1. The predicted molar refractivity (Wildman–Crippen MR) is 126 cm³/mol. The Kier molecular flexibility index (Phi) is 5.48. The van der Waals surface area contributed by atoms with E-state index in [0.29, 0.717) is 29.5 Å². The van der Waals surface area contributed by atoms with Crippen molar-refractivity contribution in [1.29, 1.82) is 0 Å². The van der Waals surface area contributed by atoms with Crippen LogP contribution in [0.25, 0.3) is 22.5 Å². The number of rotatable bonds is 4. The highest BCUT2D eigenvalue weighted by Crippen LogP contribution is 2.34. The molecule has 158 valence electrons. The number of halogens is 1.